The van der Waals surface area contributed by atoms with Gasteiger partial charge in [0.2, 0.25) is 0 Å². The summed E-state index contributed by atoms with van der Waals surface area (Å²) < 4.78 is 5.28. The first-order chi connectivity index (χ1) is 9.10. The average Bonchev–Trinajstić information content (AvgIpc) is 2.33. The van der Waals surface area contributed by atoms with E-state index in [4.69, 9.17) is 4.74 Å². The minimum Gasteiger partial charge on any atom is -0.487 e. The molecule has 0 spiro atoms. The summed E-state index contributed by atoms with van der Waals surface area (Å²) in [5, 5.41) is 23.3. The number of rotatable bonds is 6. The van der Waals surface area contributed by atoms with Crippen LogP contribution in [0.2, 0.25) is 0 Å². The minimum absolute atomic E-state index is 0.0218. The third-order valence-electron chi connectivity index (χ3n) is 3.26. The highest BCUT2D eigenvalue weighted by molar-refractivity contribution is 5.58. The van der Waals surface area contributed by atoms with Gasteiger partial charge in [-0.25, -0.2) is 0 Å². The Morgan fingerprint density at radius 3 is 2.84 bits per heavy atom. The molecule has 1 aromatic rings. The summed E-state index contributed by atoms with van der Waals surface area (Å²) in [5.41, 5.74) is 0.780. The standard InChI is InChI=1S/C13H18N2O4/c1-2-19-13-7-10(3-4-12(13)15(17)18)14-8-9-5-11(16)6-9/h3-4,7,9,11,14,16H,2,5-6,8H2,1H3. The minimum atomic E-state index is -0.447. The molecule has 1 aromatic carbocycles. The number of nitrogens with zero attached hydrogens (tertiary/aromatic N) is 1. The Morgan fingerprint density at radius 2 is 2.26 bits per heavy atom. The Morgan fingerprint density at radius 1 is 1.53 bits per heavy atom. The zero-order valence-electron chi connectivity index (χ0n) is 10.8. The highest BCUT2D eigenvalue weighted by Gasteiger charge is 2.26. The number of benzene rings is 1. The van der Waals surface area contributed by atoms with Crippen molar-refractivity contribution in [3.8, 4) is 5.75 Å². The normalized spacial score (nSPS) is 21.6. The molecular formula is C13H18N2O4. The van der Waals surface area contributed by atoms with Gasteiger partial charge in [0.1, 0.15) is 0 Å². The molecule has 6 heteroatoms. The molecule has 104 valence electrons. The van der Waals surface area contributed by atoms with E-state index < -0.39 is 4.92 Å². The van der Waals surface area contributed by atoms with Crippen LogP contribution >= 0.6 is 0 Å². The predicted molar refractivity (Wildman–Crippen MR) is 71.5 cm³/mol. The van der Waals surface area contributed by atoms with E-state index in [1.165, 1.54) is 6.07 Å². The van der Waals surface area contributed by atoms with Gasteiger partial charge in [0.05, 0.1) is 17.6 Å². The Bertz CT molecular complexity index is 458. The molecule has 0 aromatic heterocycles. The van der Waals surface area contributed by atoms with Crippen molar-refractivity contribution >= 4 is 11.4 Å². The van der Waals surface area contributed by atoms with E-state index in [1.54, 1.807) is 19.1 Å². The number of anilines is 1. The molecule has 0 atom stereocenters. The Balaban J connectivity index is 2.00. The van der Waals surface area contributed by atoms with Crippen molar-refractivity contribution in [2.24, 2.45) is 5.92 Å². The maximum atomic E-state index is 10.8. The van der Waals surface area contributed by atoms with Gasteiger partial charge in [-0.3, -0.25) is 10.1 Å². The van der Waals surface area contributed by atoms with Crippen molar-refractivity contribution in [3.05, 3.63) is 28.3 Å². The summed E-state index contributed by atoms with van der Waals surface area (Å²) in [7, 11) is 0. The van der Waals surface area contributed by atoms with E-state index in [0.717, 1.165) is 25.1 Å². The fraction of sp³-hybridized carbons (Fsp3) is 0.538. The summed E-state index contributed by atoms with van der Waals surface area (Å²) in [4.78, 5) is 10.4. The van der Waals surface area contributed by atoms with E-state index in [1.807, 2.05) is 0 Å². The fourth-order valence-electron chi connectivity index (χ4n) is 2.18. The maximum absolute atomic E-state index is 10.8. The van der Waals surface area contributed by atoms with Gasteiger partial charge in [-0.2, -0.15) is 0 Å². The van der Waals surface area contributed by atoms with Gasteiger partial charge in [-0.1, -0.05) is 0 Å². The van der Waals surface area contributed by atoms with Gasteiger partial charge < -0.3 is 15.2 Å². The topological polar surface area (TPSA) is 84.6 Å². The van der Waals surface area contributed by atoms with E-state index in [9.17, 15) is 15.2 Å². The smallest absolute Gasteiger partial charge is 0.311 e. The number of aliphatic hydroxyl groups is 1. The lowest BCUT2D eigenvalue weighted by Gasteiger charge is -2.31. The highest BCUT2D eigenvalue weighted by atomic mass is 16.6. The molecule has 1 fully saturated rings. The molecule has 0 saturated heterocycles. The van der Waals surface area contributed by atoms with E-state index in [2.05, 4.69) is 5.32 Å². The van der Waals surface area contributed by atoms with Crippen LogP contribution in [0.15, 0.2) is 18.2 Å². The average molecular weight is 266 g/mol. The molecule has 0 aliphatic heterocycles. The molecule has 0 radical (unpaired) electrons. The van der Waals surface area contributed by atoms with Crippen molar-refractivity contribution in [1.82, 2.24) is 0 Å². The quantitative estimate of drug-likeness (QED) is 0.609. The number of nitro groups is 1. The molecule has 19 heavy (non-hydrogen) atoms. The molecule has 6 nitrogen and oxygen atoms in total. The largest absolute Gasteiger partial charge is 0.487 e. The molecule has 0 unspecified atom stereocenters. The van der Waals surface area contributed by atoms with E-state index in [0.29, 0.717) is 12.5 Å². The third-order valence-corrected chi connectivity index (χ3v) is 3.26. The van der Waals surface area contributed by atoms with Crippen molar-refractivity contribution in [1.29, 1.82) is 0 Å². The first-order valence-corrected chi connectivity index (χ1v) is 6.43. The number of aliphatic hydroxyl groups excluding tert-OH is 1. The van der Waals surface area contributed by atoms with Crippen molar-refractivity contribution < 1.29 is 14.8 Å². The second-order valence-electron chi connectivity index (χ2n) is 4.74. The van der Waals surface area contributed by atoms with E-state index >= 15 is 0 Å². The third kappa shape index (κ3) is 3.35. The zero-order valence-corrected chi connectivity index (χ0v) is 10.8. The van der Waals surface area contributed by atoms with Crippen molar-refractivity contribution in [3.63, 3.8) is 0 Å². The zero-order chi connectivity index (χ0) is 13.8. The first kappa shape index (κ1) is 13.6. The molecule has 2 N–H and O–H groups in total. The lowest BCUT2D eigenvalue weighted by Crippen LogP contribution is -2.33. The number of nitro benzene ring substituents is 1. The van der Waals surface area contributed by atoms with Crippen LogP contribution in [0.5, 0.6) is 5.75 Å². The lowest BCUT2D eigenvalue weighted by atomic mass is 9.82. The monoisotopic (exact) mass is 266 g/mol. The number of nitrogens with one attached hydrogen (secondary N) is 1. The summed E-state index contributed by atoms with van der Waals surface area (Å²) in [6.07, 6.45) is 1.47. The molecule has 1 aliphatic carbocycles. The Hall–Kier alpha value is -1.82. The maximum Gasteiger partial charge on any atom is 0.311 e. The van der Waals surface area contributed by atoms with Gasteiger partial charge in [0, 0.05) is 24.4 Å². The van der Waals surface area contributed by atoms with Crippen LogP contribution in [0.3, 0.4) is 0 Å². The second kappa shape index (κ2) is 5.88. The van der Waals surface area contributed by atoms with Crippen LogP contribution in [-0.2, 0) is 0 Å². The highest BCUT2D eigenvalue weighted by Crippen LogP contribution is 2.31. The van der Waals surface area contributed by atoms with Gasteiger partial charge in [-0.05, 0) is 31.7 Å². The van der Waals surface area contributed by atoms with Crippen molar-refractivity contribution in [2.75, 3.05) is 18.5 Å². The summed E-state index contributed by atoms with van der Waals surface area (Å²) >= 11 is 0. The fourth-order valence-corrected chi connectivity index (χ4v) is 2.18. The van der Waals surface area contributed by atoms with Crippen LogP contribution < -0.4 is 10.1 Å². The van der Waals surface area contributed by atoms with E-state index in [-0.39, 0.29) is 17.5 Å². The van der Waals surface area contributed by atoms with Crippen LogP contribution in [0.4, 0.5) is 11.4 Å². The lowest BCUT2D eigenvalue weighted by molar-refractivity contribution is -0.385. The van der Waals surface area contributed by atoms with Crippen LogP contribution in [0.1, 0.15) is 19.8 Å². The summed E-state index contributed by atoms with van der Waals surface area (Å²) in [6.45, 7) is 2.94. The Labute approximate surface area is 111 Å². The number of hydrogen-bond acceptors (Lipinski definition) is 5. The summed E-state index contributed by atoms with van der Waals surface area (Å²) in [5.74, 6) is 0.756. The van der Waals surface area contributed by atoms with Gasteiger partial charge >= 0.3 is 5.69 Å². The molecule has 1 aliphatic rings. The molecular weight excluding hydrogens is 248 g/mol. The molecule has 2 rings (SSSR count). The molecule has 0 heterocycles. The van der Waals surface area contributed by atoms with Crippen LogP contribution in [-0.4, -0.2) is 29.3 Å². The molecule has 1 saturated carbocycles. The number of ether oxygens (including phenoxy) is 1. The Kier molecular flexibility index (Phi) is 4.21. The SMILES string of the molecule is CCOc1cc(NCC2CC(O)C2)ccc1[N+](=O)[O-]. The molecule has 0 amide bonds. The van der Waals surface area contributed by atoms with Crippen LogP contribution in [0.25, 0.3) is 0 Å². The van der Waals surface area contributed by atoms with Gasteiger partial charge in [0.25, 0.3) is 0 Å². The van der Waals surface area contributed by atoms with Gasteiger partial charge in [-0.15, -0.1) is 0 Å². The molecule has 0 bridgehead atoms. The summed E-state index contributed by atoms with van der Waals surface area (Å²) in [6, 6.07) is 4.77. The number of hydrogen-bond donors (Lipinski definition) is 2. The first-order valence-electron chi connectivity index (χ1n) is 6.43. The predicted octanol–water partition coefficient (Wildman–Crippen LogP) is 2.18. The van der Waals surface area contributed by atoms with Crippen molar-refractivity contribution in [2.45, 2.75) is 25.9 Å². The second-order valence-corrected chi connectivity index (χ2v) is 4.74. The van der Waals surface area contributed by atoms with Gasteiger partial charge in [0.15, 0.2) is 5.75 Å². The van der Waals surface area contributed by atoms with Crippen LogP contribution in [0, 0.1) is 16.0 Å².